The number of nitrogens with zero attached hydrogens (tertiary/aromatic N) is 3. The van der Waals surface area contributed by atoms with Gasteiger partial charge in [0.2, 0.25) is 5.13 Å². The van der Waals surface area contributed by atoms with E-state index in [1.165, 1.54) is 11.3 Å². The van der Waals surface area contributed by atoms with Crippen LogP contribution in [-0.4, -0.2) is 21.3 Å². The molecule has 1 aliphatic rings. The molecule has 2 heterocycles. The van der Waals surface area contributed by atoms with Crippen molar-refractivity contribution in [1.29, 1.82) is 0 Å². The topological polar surface area (TPSA) is 90.1 Å². The highest BCUT2D eigenvalue weighted by Crippen LogP contribution is 2.42. The van der Waals surface area contributed by atoms with Crippen LogP contribution in [0.5, 0.6) is 5.75 Å². The van der Waals surface area contributed by atoms with Crippen molar-refractivity contribution < 1.29 is 14.1 Å². The molecular weight excluding hydrogens is 400 g/mol. The van der Waals surface area contributed by atoms with Crippen LogP contribution in [0.2, 0.25) is 0 Å². The number of ether oxygens (including phenoxy) is 1. The molecule has 0 bridgehead atoms. The van der Waals surface area contributed by atoms with Gasteiger partial charge in [0.05, 0.1) is 16.8 Å². The second-order valence-electron chi connectivity index (χ2n) is 7.46. The van der Waals surface area contributed by atoms with E-state index in [1.807, 2.05) is 50.2 Å². The Morgan fingerprint density at radius 3 is 2.67 bits per heavy atom. The summed E-state index contributed by atoms with van der Waals surface area (Å²) < 4.78 is 11.3. The van der Waals surface area contributed by atoms with E-state index in [0.717, 1.165) is 39.9 Å². The molecule has 0 spiro atoms. The zero-order valence-corrected chi connectivity index (χ0v) is 17.5. The van der Waals surface area contributed by atoms with Gasteiger partial charge in [-0.3, -0.25) is 10.1 Å². The Bertz CT molecular complexity index is 1220. The molecule has 8 heteroatoms. The third-order valence-corrected chi connectivity index (χ3v) is 6.23. The standard InChI is InChI=1S/C22H20N4O3S/c1-12-18(13(2)29-26-12)11-28-19-10-16-6-4-3-5-15(16)9-17(19)20(27)23-22-25-24-21(30-22)14-7-8-14/h3-6,9-10,14H,7-8,11H2,1-2H3,(H,23,25,27). The minimum absolute atomic E-state index is 0.268. The van der Waals surface area contributed by atoms with E-state index < -0.39 is 0 Å². The Balaban J connectivity index is 1.45. The number of aryl methyl sites for hydroxylation is 2. The number of amides is 1. The third-order valence-electron chi connectivity index (χ3n) is 5.23. The van der Waals surface area contributed by atoms with Crippen LogP contribution in [0.3, 0.4) is 0 Å². The number of carbonyl (C=O) groups is 1. The molecule has 2 aromatic heterocycles. The van der Waals surface area contributed by atoms with Gasteiger partial charge in [-0.15, -0.1) is 10.2 Å². The van der Waals surface area contributed by atoms with Gasteiger partial charge in [-0.2, -0.15) is 0 Å². The van der Waals surface area contributed by atoms with Gasteiger partial charge < -0.3 is 9.26 Å². The van der Waals surface area contributed by atoms with E-state index >= 15 is 0 Å². The van der Waals surface area contributed by atoms with E-state index in [0.29, 0.717) is 28.1 Å². The SMILES string of the molecule is Cc1noc(C)c1COc1cc2ccccc2cc1C(=O)Nc1nnc(C2CC2)s1. The number of aromatic nitrogens is 3. The number of carbonyl (C=O) groups excluding carboxylic acids is 1. The zero-order valence-electron chi connectivity index (χ0n) is 16.6. The quantitative estimate of drug-likeness (QED) is 0.472. The molecular formula is C22H20N4O3S. The van der Waals surface area contributed by atoms with Crippen molar-refractivity contribution in [2.45, 2.75) is 39.2 Å². The Hall–Kier alpha value is -3.26. The summed E-state index contributed by atoms with van der Waals surface area (Å²) in [4.78, 5) is 13.1. The highest BCUT2D eigenvalue weighted by Gasteiger charge is 2.28. The van der Waals surface area contributed by atoms with Gasteiger partial charge >= 0.3 is 0 Å². The molecule has 1 amide bonds. The fourth-order valence-corrected chi connectivity index (χ4v) is 4.23. The summed E-state index contributed by atoms with van der Waals surface area (Å²) in [6.07, 6.45) is 2.29. The van der Waals surface area contributed by atoms with Gasteiger partial charge in [-0.25, -0.2) is 0 Å². The highest BCUT2D eigenvalue weighted by molar-refractivity contribution is 7.15. The molecule has 1 saturated carbocycles. The Labute approximate surface area is 177 Å². The second kappa shape index (κ2) is 7.53. The van der Waals surface area contributed by atoms with Gasteiger partial charge in [0, 0.05) is 5.92 Å². The Morgan fingerprint density at radius 2 is 1.97 bits per heavy atom. The Morgan fingerprint density at radius 1 is 1.20 bits per heavy atom. The fraction of sp³-hybridized carbons (Fsp3) is 0.273. The van der Waals surface area contributed by atoms with E-state index in [-0.39, 0.29) is 12.5 Å². The maximum Gasteiger partial charge on any atom is 0.261 e. The summed E-state index contributed by atoms with van der Waals surface area (Å²) in [5.41, 5.74) is 2.11. The van der Waals surface area contributed by atoms with Gasteiger partial charge in [-0.1, -0.05) is 40.8 Å². The molecule has 0 saturated heterocycles. The molecule has 30 heavy (non-hydrogen) atoms. The molecule has 0 unspecified atom stereocenters. The van der Waals surface area contributed by atoms with Crippen molar-refractivity contribution in [3.8, 4) is 5.75 Å². The first-order chi connectivity index (χ1) is 14.6. The van der Waals surface area contributed by atoms with Crippen LogP contribution in [0, 0.1) is 13.8 Å². The van der Waals surface area contributed by atoms with E-state index in [9.17, 15) is 4.79 Å². The van der Waals surface area contributed by atoms with Crippen LogP contribution in [0.1, 0.15) is 51.1 Å². The van der Waals surface area contributed by atoms with Gasteiger partial charge in [0.1, 0.15) is 23.1 Å². The summed E-state index contributed by atoms with van der Waals surface area (Å²) in [5.74, 6) is 1.44. The first-order valence-electron chi connectivity index (χ1n) is 9.80. The van der Waals surface area contributed by atoms with Crippen LogP contribution in [-0.2, 0) is 6.61 Å². The van der Waals surface area contributed by atoms with Gasteiger partial charge in [-0.05, 0) is 49.6 Å². The lowest BCUT2D eigenvalue weighted by atomic mass is 10.1. The van der Waals surface area contributed by atoms with Crippen molar-refractivity contribution in [1.82, 2.24) is 15.4 Å². The average molecular weight is 420 g/mol. The first-order valence-corrected chi connectivity index (χ1v) is 10.6. The van der Waals surface area contributed by atoms with Crippen LogP contribution >= 0.6 is 11.3 Å². The van der Waals surface area contributed by atoms with Crippen LogP contribution < -0.4 is 10.1 Å². The zero-order chi connectivity index (χ0) is 20.7. The number of nitrogens with one attached hydrogen (secondary N) is 1. The molecule has 5 rings (SSSR count). The maximum atomic E-state index is 13.1. The summed E-state index contributed by atoms with van der Waals surface area (Å²) in [6.45, 7) is 3.99. The monoisotopic (exact) mass is 420 g/mol. The van der Waals surface area contributed by atoms with Crippen molar-refractivity contribution in [3.05, 3.63) is 64.0 Å². The van der Waals surface area contributed by atoms with E-state index in [4.69, 9.17) is 9.26 Å². The van der Waals surface area contributed by atoms with E-state index in [2.05, 4.69) is 20.7 Å². The van der Waals surface area contributed by atoms with Crippen molar-refractivity contribution in [2.75, 3.05) is 5.32 Å². The molecule has 152 valence electrons. The smallest absolute Gasteiger partial charge is 0.261 e. The number of fused-ring (bicyclic) bond motifs is 1. The number of anilines is 1. The van der Waals surface area contributed by atoms with E-state index in [1.54, 1.807) is 0 Å². The molecule has 7 nitrogen and oxygen atoms in total. The lowest BCUT2D eigenvalue weighted by Gasteiger charge is -2.12. The summed E-state index contributed by atoms with van der Waals surface area (Å²) >= 11 is 1.44. The predicted octanol–water partition coefficient (Wildman–Crippen LogP) is 5.00. The van der Waals surface area contributed by atoms with Crippen molar-refractivity contribution in [2.24, 2.45) is 0 Å². The fourth-order valence-electron chi connectivity index (χ4n) is 3.32. The second-order valence-corrected chi connectivity index (χ2v) is 8.47. The first kappa shape index (κ1) is 18.7. The predicted molar refractivity (Wildman–Crippen MR) is 114 cm³/mol. The third kappa shape index (κ3) is 3.66. The van der Waals surface area contributed by atoms with Gasteiger partial charge in [0.25, 0.3) is 5.91 Å². The number of hydrogen-bond acceptors (Lipinski definition) is 7. The summed E-state index contributed by atoms with van der Waals surface area (Å²) in [5, 5.41) is 18.6. The maximum absolute atomic E-state index is 13.1. The molecule has 2 aromatic carbocycles. The molecule has 0 atom stereocenters. The van der Waals surface area contributed by atoms with Crippen LogP contribution in [0.4, 0.5) is 5.13 Å². The largest absolute Gasteiger partial charge is 0.488 e. The van der Waals surface area contributed by atoms with Gasteiger partial charge in [0.15, 0.2) is 0 Å². The number of rotatable bonds is 6. The number of hydrogen-bond donors (Lipinski definition) is 1. The molecule has 0 radical (unpaired) electrons. The molecule has 1 N–H and O–H groups in total. The van der Waals surface area contributed by atoms with Crippen molar-refractivity contribution >= 4 is 33.1 Å². The van der Waals surface area contributed by atoms with Crippen LogP contribution in [0.15, 0.2) is 40.9 Å². The Kier molecular flexibility index (Phi) is 4.71. The minimum atomic E-state index is -0.270. The summed E-state index contributed by atoms with van der Waals surface area (Å²) in [6, 6.07) is 11.6. The minimum Gasteiger partial charge on any atom is -0.488 e. The summed E-state index contributed by atoms with van der Waals surface area (Å²) in [7, 11) is 0. The molecule has 1 fully saturated rings. The average Bonchev–Trinajstić information content (AvgIpc) is 3.42. The number of benzene rings is 2. The molecule has 0 aliphatic heterocycles. The van der Waals surface area contributed by atoms with Crippen LogP contribution in [0.25, 0.3) is 10.8 Å². The van der Waals surface area contributed by atoms with Crippen molar-refractivity contribution in [3.63, 3.8) is 0 Å². The highest BCUT2D eigenvalue weighted by atomic mass is 32.1. The lowest BCUT2D eigenvalue weighted by molar-refractivity contribution is 0.102. The molecule has 4 aromatic rings. The normalized spacial score (nSPS) is 13.5. The molecule has 1 aliphatic carbocycles. The lowest BCUT2D eigenvalue weighted by Crippen LogP contribution is -2.14.